The number of thiophene rings is 1. The van der Waals surface area contributed by atoms with Crippen LogP contribution in [-0.4, -0.2) is 18.0 Å². The SMILES string of the molecule is CSC(=NCCCc1cccs1)NC#N. The Morgan fingerprint density at radius 1 is 1.73 bits per heavy atom. The van der Waals surface area contributed by atoms with E-state index in [1.807, 2.05) is 12.4 Å². The number of aryl methyl sites for hydroxylation is 1. The minimum absolute atomic E-state index is 0.698. The molecular weight excluding hydrogens is 226 g/mol. The lowest BCUT2D eigenvalue weighted by atomic mass is 10.3. The molecule has 0 aromatic carbocycles. The second kappa shape index (κ2) is 7.32. The van der Waals surface area contributed by atoms with Crippen LogP contribution in [0.2, 0.25) is 0 Å². The van der Waals surface area contributed by atoms with Gasteiger partial charge in [-0.25, -0.2) is 0 Å². The van der Waals surface area contributed by atoms with Gasteiger partial charge in [0.05, 0.1) is 0 Å². The van der Waals surface area contributed by atoms with Crippen LogP contribution in [0.4, 0.5) is 0 Å². The Balaban J connectivity index is 2.23. The molecule has 1 aromatic rings. The molecule has 0 saturated heterocycles. The summed E-state index contributed by atoms with van der Waals surface area (Å²) in [5.41, 5.74) is 0. The van der Waals surface area contributed by atoms with Crippen molar-refractivity contribution in [3.63, 3.8) is 0 Å². The number of thioether (sulfide) groups is 1. The van der Waals surface area contributed by atoms with Gasteiger partial charge in [-0.3, -0.25) is 10.3 Å². The lowest BCUT2D eigenvalue weighted by Gasteiger charge is -1.99. The molecule has 1 heterocycles. The molecule has 0 atom stereocenters. The molecule has 80 valence electrons. The maximum absolute atomic E-state index is 8.42. The summed E-state index contributed by atoms with van der Waals surface area (Å²) in [5.74, 6) is 0. The van der Waals surface area contributed by atoms with Crippen LogP contribution in [0.5, 0.6) is 0 Å². The number of hydrogen-bond acceptors (Lipinski definition) is 4. The number of nitrogens with zero attached hydrogens (tertiary/aromatic N) is 2. The van der Waals surface area contributed by atoms with E-state index >= 15 is 0 Å². The van der Waals surface area contributed by atoms with Crippen LogP contribution in [-0.2, 0) is 6.42 Å². The van der Waals surface area contributed by atoms with Crippen molar-refractivity contribution in [2.24, 2.45) is 4.99 Å². The summed E-state index contributed by atoms with van der Waals surface area (Å²) in [7, 11) is 0. The Hall–Kier alpha value is -0.990. The number of nitriles is 1. The first-order valence-corrected chi connectivity index (χ1v) is 6.73. The van der Waals surface area contributed by atoms with E-state index in [0.29, 0.717) is 5.17 Å². The third kappa shape index (κ3) is 4.86. The normalized spacial score (nSPS) is 11.1. The fourth-order valence-corrected chi connectivity index (χ4v) is 2.21. The molecule has 0 amide bonds. The van der Waals surface area contributed by atoms with E-state index in [2.05, 4.69) is 27.8 Å². The Labute approximate surface area is 98.2 Å². The smallest absolute Gasteiger partial charge is 0.183 e. The Morgan fingerprint density at radius 3 is 3.20 bits per heavy atom. The first-order chi connectivity index (χ1) is 7.36. The zero-order chi connectivity index (χ0) is 10.9. The van der Waals surface area contributed by atoms with Gasteiger partial charge in [0.15, 0.2) is 11.4 Å². The van der Waals surface area contributed by atoms with Crippen LogP contribution >= 0.6 is 23.1 Å². The molecule has 0 fully saturated rings. The highest BCUT2D eigenvalue weighted by Crippen LogP contribution is 2.10. The largest absolute Gasteiger partial charge is 0.272 e. The zero-order valence-electron chi connectivity index (χ0n) is 8.56. The molecule has 0 bridgehead atoms. The van der Waals surface area contributed by atoms with Crippen molar-refractivity contribution < 1.29 is 0 Å². The summed E-state index contributed by atoms with van der Waals surface area (Å²) in [4.78, 5) is 5.67. The molecular formula is C10H13N3S2. The number of amidine groups is 1. The van der Waals surface area contributed by atoms with Crippen molar-refractivity contribution in [1.82, 2.24) is 5.32 Å². The summed E-state index contributed by atoms with van der Waals surface area (Å²) in [6, 6.07) is 4.20. The van der Waals surface area contributed by atoms with Crippen LogP contribution in [0, 0.1) is 11.5 Å². The highest BCUT2D eigenvalue weighted by atomic mass is 32.2. The predicted octanol–water partition coefficient (Wildman–Crippen LogP) is 2.47. The van der Waals surface area contributed by atoms with Crippen molar-refractivity contribution >= 4 is 28.3 Å². The van der Waals surface area contributed by atoms with Gasteiger partial charge in [-0.1, -0.05) is 17.8 Å². The summed E-state index contributed by atoms with van der Waals surface area (Å²) < 4.78 is 0. The first kappa shape index (κ1) is 12.1. The monoisotopic (exact) mass is 239 g/mol. The molecule has 0 saturated carbocycles. The molecule has 0 aliphatic carbocycles. The molecule has 0 aliphatic rings. The van der Waals surface area contributed by atoms with Crippen molar-refractivity contribution in [2.75, 3.05) is 12.8 Å². The highest BCUT2D eigenvalue weighted by Gasteiger charge is 1.95. The van der Waals surface area contributed by atoms with Gasteiger partial charge in [0.2, 0.25) is 0 Å². The van der Waals surface area contributed by atoms with Gasteiger partial charge in [-0.05, 0) is 30.5 Å². The molecule has 5 heteroatoms. The van der Waals surface area contributed by atoms with Gasteiger partial charge in [0.25, 0.3) is 0 Å². The molecule has 0 radical (unpaired) electrons. The summed E-state index contributed by atoms with van der Waals surface area (Å²) in [6.45, 7) is 0.767. The number of nitrogens with one attached hydrogen (secondary N) is 1. The van der Waals surface area contributed by atoms with Gasteiger partial charge < -0.3 is 0 Å². The lowest BCUT2D eigenvalue weighted by molar-refractivity contribution is 0.843. The molecule has 0 unspecified atom stereocenters. The zero-order valence-corrected chi connectivity index (χ0v) is 10.2. The summed E-state index contributed by atoms with van der Waals surface area (Å²) >= 11 is 3.24. The van der Waals surface area contributed by atoms with E-state index in [0.717, 1.165) is 19.4 Å². The average Bonchev–Trinajstić information content (AvgIpc) is 2.75. The van der Waals surface area contributed by atoms with Gasteiger partial charge in [-0.2, -0.15) is 5.26 Å². The quantitative estimate of drug-likeness (QED) is 0.289. The van der Waals surface area contributed by atoms with E-state index in [-0.39, 0.29) is 0 Å². The van der Waals surface area contributed by atoms with Gasteiger partial charge in [-0.15, -0.1) is 11.3 Å². The second-order valence-corrected chi connectivity index (χ2v) is 4.64. The number of aliphatic imine (C=N–C) groups is 1. The summed E-state index contributed by atoms with van der Waals surface area (Å²) in [5, 5.41) is 13.8. The van der Waals surface area contributed by atoms with Crippen molar-refractivity contribution in [2.45, 2.75) is 12.8 Å². The van der Waals surface area contributed by atoms with Gasteiger partial charge >= 0.3 is 0 Å². The van der Waals surface area contributed by atoms with E-state index in [1.54, 1.807) is 11.3 Å². The maximum atomic E-state index is 8.42. The third-order valence-electron chi connectivity index (χ3n) is 1.77. The molecule has 0 spiro atoms. The minimum Gasteiger partial charge on any atom is -0.272 e. The summed E-state index contributed by atoms with van der Waals surface area (Å²) in [6.07, 6.45) is 5.87. The molecule has 1 aromatic heterocycles. The third-order valence-corrected chi connectivity index (χ3v) is 3.33. The van der Waals surface area contributed by atoms with Gasteiger partial charge in [0.1, 0.15) is 0 Å². The van der Waals surface area contributed by atoms with Crippen LogP contribution < -0.4 is 5.32 Å². The fraction of sp³-hybridized carbons (Fsp3) is 0.400. The standard InChI is InChI=1S/C10H13N3S2/c1-14-10(13-8-11)12-6-2-4-9-5-3-7-15-9/h3,5,7H,2,4,6H2,1H3,(H,12,13). The predicted molar refractivity (Wildman–Crippen MR) is 67.2 cm³/mol. The molecule has 1 N–H and O–H groups in total. The highest BCUT2D eigenvalue weighted by molar-refractivity contribution is 8.13. The minimum atomic E-state index is 0.698. The van der Waals surface area contributed by atoms with E-state index < -0.39 is 0 Å². The molecule has 1 rings (SSSR count). The number of rotatable bonds is 4. The van der Waals surface area contributed by atoms with Crippen LogP contribution in [0.25, 0.3) is 0 Å². The van der Waals surface area contributed by atoms with E-state index in [4.69, 9.17) is 5.26 Å². The van der Waals surface area contributed by atoms with Crippen LogP contribution in [0.1, 0.15) is 11.3 Å². The average molecular weight is 239 g/mol. The number of hydrogen-bond donors (Lipinski definition) is 1. The van der Waals surface area contributed by atoms with E-state index in [1.165, 1.54) is 16.6 Å². The van der Waals surface area contributed by atoms with Crippen LogP contribution in [0.3, 0.4) is 0 Å². The topological polar surface area (TPSA) is 48.2 Å². The van der Waals surface area contributed by atoms with E-state index in [9.17, 15) is 0 Å². The van der Waals surface area contributed by atoms with Crippen molar-refractivity contribution in [1.29, 1.82) is 5.26 Å². The van der Waals surface area contributed by atoms with Crippen LogP contribution in [0.15, 0.2) is 22.5 Å². The second-order valence-electron chi connectivity index (χ2n) is 2.81. The lowest BCUT2D eigenvalue weighted by Crippen LogP contribution is -2.13. The Morgan fingerprint density at radius 2 is 2.60 bits per heavy atom. The molecule has 3 nitrogen and oxygen atoms in total. The Bertz CT molecular complexity index is 338. The molecule has 15 heavy (non-hydrogen) atoms. The maximum Gasteiger partial charge on any atom is 0.183 e. The molecule has 0 aliphatic heterocycles. The van der Waals surface area contributed by atoms with Crippen molar-refractivity contribution in [3.8, 4) is 6.19 Å². The Kier molecular flexibility index (Phi) is 5.90. The fourth-order valence-electron chi connectivity index (χ4n) is 1.09. The van der Waals surface area contributed by atoms with Gasteiger partial charge in [0, 0.05) is 11.4 Å². The first-order valence-electron chi connectivity index (χ1n) is 4.62. The van der Waals surface area contributed by atoms with Crippen molar-refractivity contribution in [3.05, 3.63) is 22.4 Å².